The van der Waals surface area contributed by atoms with E-state index in [4.69, 9.17) is 4.74 Å². The molecule has 0 atom stereocenters. The van der Waals surface area contributed by atoms with Gasteiger partial charge in [-0.15, -0.1) is 0 Å². The van der Waals surface area contributed by atoms with Crippen LogP contribution in [0, 0.1) is 13.8 Å². The van der Waals surface area contributed by atoms with Crippen molar-refractivity contribution < 1.29 is 17.9 Å². The summed E-state index contributed by atoms with van der Waals surface area (Å²) < 4.78 is 34.5. The summed E-state index contributed by atoms with van der Waals surface area (Å²) >= 11 is 0. The molecule has 0 saturated carbocycles. The lowest BCUT2D eigenvalue weighted by molar-refractivity contribution is -0.119. The summed E-state index contributed by atoms with van der Waals surface area (Å²) in [7, 11) is -3.78. The molecule has 33 heavy (non-hydrogen) atoms. The highest BCUT2D eigenvalue weighted by Crippen LogP contribution is 2.33. The van der Waals surface area contributed by atoms with Gasteiger partial charge in [0.15, 0.2) is 0 Å². The molecule has 7 heteroatoms. The Labute approximate surface area is 195 Å². The monoisotopic (exact) mass is 464 g/mol. The van der Waals surface area contributed by atoms with Gasteiger partial charge >= 0.3 is 0 Å². The molecule has 3 aromatic carbocycles. The second-order valence-corrected chi connectivity index (χ2v) is 9.92. The van der Waals surface area contributed by atoms with Gasteiger partial charge in [0.2, 0.25) is 5.91 Å². The van der Waals surface area contributed by atoms with Crippen molar-refractivity contribution in [2.75, 3.05) is 16.2 Å². The van der Waals surface area contributed by atoms with E-state index in [2.05, 4.69) is 4.72 Å². The molecular formula is C26H28N2O4S. The third-order valence-corrected chi connectivity index (χ3v) is 7.11. The first-order valence-electron chi connectivity index (χ1n) is 11.0. The Morgan fingerprint density at radius 1 is 0.970 bits per heavy atom. The SMILES string of the molecule is CCOc1c(C)cc(S(=O)(=O)Nc2ccc3c(c2)CCC(=O)N3Cc2ccccc2)cc1C. The zero-order valence-electron chi connectivity index (χ0n) is 19.1. The molecule has 1 aliphatic heterocycles. The van der Waals surface area contributed by atoms with Gasteiger partial charge in [-0.2, -0.15) is 0 Å². The van der Waals surface area contributed by atoms with E-state index in [9.17, 15) is 13.2 Å². The van der Waals surface area contributed by atoms with Crippen LogP contribution in [0.25, 0.3) is 0 Å². The van der Waals surface area contributed by atoms with Gasteiger partial charge in [-0.25, -0.2) is 8.42 Å². The number of carbonyl (C=O) groups is 1. The van der Waals surface area contributed by atoms with Crippen LogP contribution in [0.15, 0.2) is 65.6 Å². The van der Waals surface area contributed by atoms with Gasteiger partial charge in [-0.1, -0.05) is 30.3 Å². The average molecular weight is 465 g/mol. The second kappa shape index (κ2) is 9.27. The van der Waals surface area contributed by atoms with Crippen LogP contribution in [-0.4, -0.2) is 20.9 Å². The van der Waals surface area contributed by atoms with E-state index in [1.807, 2.05) is 63.2 Å². The van der Waals surface area contributed by atoms with E-state index in [1.54, 1.807) is 23.1 Å². The number of sulfonamides is 1. The first-order valence-corrected chi connectivity index (χ1v) is 12.5. The number of ether oxygens (including phenoxy) is 1. The first kappa shape index (κ1) is 22.9. The number of benzene rings is 3. The van der Waals surface area contributed by atoms with Gasteiger partial charge in [0, 0.05) is 17.8 Å². The third kappa shape index (κ3) is 4.88. The molecule has 4 rings (SSSR count). The molecule has 0 fully saturated rings. The molecule has 0 radical (unpaired) electrons. The largest absolute Gasteiger partial charge is 0.493 e. The molecule has 0 aliphatic carbocycles. The first-order chi connectivity index (χ1) is 15.8. The quantitative estimate of drug-likeness (QED) is 0.535. The predicted molar refractivity (Wildman–Crippen MR) is 130 cm³/mol. The lowest BCUT2D eigenvalue weighted by Gasteiger charge is -2.30. The van der Waals surface area contributed by atoms with Gasteiger partial charge in [0.1, 0.15) is 5.75 Å². The summed E-state index contributed by atoms with van der Waals surface area (Å²) in [5.41, 5.74) is 4.85. The summed E-state index contributed by atoms with van der Waals surface area (Å²) in [5, 5.41) is 0. The van der Waals surface area contributed by atoms with Crippen LogP contribution in [0.5, 0.6) is 5.75 Å². The number of rotatable bonds is 7. The number of carbonyl (C=O) groups excluding carboxylic acids is 1. The van der Waals surface area contributed by atoms with Crippen LogP contribution >= 0.6 is 0 Å². The van der Waals surface area contributed by atoms with Crippen molar-refractivity contribution in [3.63, 3.8) is 0 Å². The number of nitrogens with zero attached hydrogens (tertiary/aromatic N) is 1. The molecule has 6 nitrogen and oxygen atoms in total. The molecule has 1 heterocycles. The molecule has 0 aromatic heterocycles. The molecule has 1 aliphatic rings. The van der Waals surface area contributed by atoms with Gasteiger partial charge in [-0.3, -0.25) is 9.52 Å². The average Bonchev–Trinajstić information content (AvgIpc) is 2.78. The topological polar surface area (TPSA) is 75.7 Å². The van der Waals surface area contributed by atoms with Crippen molar-refractivity contribution in [3.8, 4) is 5.75 Å². The maximum absolute atomic E-state index is 13.1. The Morgan fingerprint density at radius 2 is 1.67 bits per heavy atom. The normalized spacial score (nSPS) is 13.5. The van der Waals surface area contributed by atoms with Crippen LogP contribution in [0.4, 0.5) is 11.4 Å². The van der Waals surface area contributed by atoms with E-state index < -0.39 is 10.0 Å². The standard InChI is InChI=1S/C26H28N2O4S/c1-4-32-26-18(2)14-23(15-19(26)3)33(30,31)27-22-11-12-24-21(16-22)10-13-25(29)28(24)17-20-8-6-5-7-9-20/h5-9,11-12,14-16,27H,4,10,13,17H2,1-3H3. The number of hydrogen-bond acceptors (Lipinski definition) is 4. The molecule has 0 bridgehead atoms. The lowest BCUT2D eigenvalue weighted by atomic mass is 10.00. The Balaban J connectivity index is 1.60. The lowest BCUT2D eigenvalue weighted by Crippen LogP contribution is -2.34. The summed E-state index contributed by atoms with van der Waals surface area (Å²) in [6.45, 7) is 6.59. The molecule has 172 valence electrons. The number of nitrogens with one attached hydrogen (secondary N) is 1. The zero-order valence-corrected chi connectivity index (χ0v) is 19.9. The number of amides is 1. The van der Waals surface area contributed by atoms with Crippen molar-refractivity contribution in [1.82, 2.24) is 0 Å². The smallest absolute Gasteiger partial charge is 0.261 e. The minimum atomic E-state index is -3.78. The Hall–Kier alpha value is -3.32. The van der Waals surface area contributed by atoms with E-state index in [0.29, 0.717) is 37.4 Å². The molecule has 0 saturated heterocycles. The van der Waals surface area contributed by atoms with E-state index in [1.165, 1.54) is 0 Å². The fourth-order valence-electron chi connectivity index (χ4n) is 4.21. The van der Waals surface area contributed by atoms with Crippen LogP contribution in [-0.2, 0) is 27.8 Å². The fourth-order valence-corrected chi connectivity index (χ4v) is 5.43. The number of anilines is 2. The molecule has 3 aromatic rings. The van der Waals surface area contributed by atoms with Gasteiger partial charge in [0.25, 0.3) is 10.0 Å². The summed E-state index contributed by atoms with van der Waals surface area (Å²) in [5.74, 6) is 0.786. The van der Waals surface area contributed by atoms with Gasteiger partial charge in [0.05, 0.1) is 18.0 Å². The van der Waals surface area contributed by atoms with Crippen LogP contribution in [0.3, 0.4) is 0 Å². The van der Waals surface area contributed by atoms with Crippen LogP contribution in [0.1, 0.15) is 35.6 Å². The van der Waals surface area contributed by atoms with Crippen molar-refractivity contribution in [2.24, 2.45) is 0 Å². The number of aryl methyl sites for hydroxylation is 3. The van der Waals surface area contributed by atoms with Crippen molar-refractivity contribution >= 4 is 27.3 Å². The molecular weight excluding hydrogens is 436 g/mol. The highest BCUT2D eigenvalue weighted by atomic mass is 32.2. The van der Waals surface area contributed by atoms with E-state index in [0.717, 1.165) is 27.9 Å². The minimum Gasteiger partial charge on any atom is -0.493 e. The Morgan fingerprint density at radius 3 is 2.33 bits per heavy atom. The number of fused-ring (bicyclic) bond motifs is 1. The maximum atomic E-state index is 13.1. The van der Waals surface area contributed by atoms with Crippen molar-refractivity contribution in [1.29, 1.82) is 0 Å². The summed E-state index contributed by atoms with van der Waals surface area (Å²) in [6, 6.07) is 18.4. The van der Waals surface area contributed by atoms with Crippen molar-refractivity contribution in [2.45, 2.75) is 45.1 Å². The third-order valence-electron chi connectivity index (χ3n) is 5.75. The van der Waals surface area contributed by atoms with Gasteiger partial charge < -0.3 is 9.64 Å². The zero-order chi connectivity index (χ0) is 23.6. The fraction of sp³-hybridized carbons (Fsp3) is 0.269. The van der Waals surface area contributed by atoms with Crippen molar-refractivity contribution in [3.05, 3.63) is 82.9 Å². The molecule has 0 spiro atoms. The highest BCUT2D eigenvalue weighted by Gasteiger charge is 2.25. The molecule has 0 unspecified atom stereocenters. The summed E-state index contributed by atoms with van der Waals surface area (Å²) in [4.78, 5) is 14.6. The predicted octanol–water partition coefficient (Wildman–Crippen LogP) is 4.98. The second-order valence-electron chi connectivity index (χ2n) is 8.23. The van der Waals surface area contributed by atoms with Gasteiger partial charge in [-0.05, 0) is 79.8 Å². The minimum absolute atomic E-state index is 0.0695. The van der Waals surface area contributed by atoms with Crippen LogP contribution in [0.2, 0.25) is 0 Å². The number of hydrogen-bond donors (Lipinski definition) is 1. The highest BCUT2D eigenvalue weighted by molar-refractivity contribution is 7.92. The molecule has 1 amide bonds. The molecule has 1 N–H and O–H groups in total. The Kier molecular flexibility index (Phi) is 6.42. The summed E-state index contributed by atoms with van der Waals surface area (Å²) in [6.07, 6.45) is 0.976. The Bertz CT molecular complexity index is 1260. The van der Waals surface area contributed by atoms with Crippen LogP contribution < -0.4 is 14.4 Å². The van der Waals surface area contributed by atoms with E-state index >= 15 is 0 Å². The van der Waals surface area contributed by atoms with E-state index in [-0.39, 0.29) is 10.8 Å². The maximum Gasteiger partial charge on any atom is 0.261 e.